The monoisotopic (exact) mass is 469 g/mol. The second kappa shape index (κ2) is 11.4. The first-order chi connectivity index (χ1) is 15.5. The normalized spacial score (nSPS) is 24.2. The molecular weight excluding hydrogens is 444 g/mol. The van der Waals surface area contributed by atoms with Crippen LogP contribution in [0.15, 0.2) is 24.3 Å². The summed E-state index contributed by atoms with van der Waals surface area (Å²) in [6.45, 7) is 4.16. The van der Waals surface area contributed by atoms with E-state index in [4.69, 9.17) is 23.7 Å². The number of hydrogen-bond donors (Lipinski definition) is 2. The van der Waals surface area contributed by atoms with Crippen LogP contribution in [0, 0.1) is 5.21 Å². The van der Waals surface area contributed by atoms with Crippen molar-refractivity contribution in [1.29, 1.82) is 0 Å². The Labute approximate surface area is 189 Å². The molecule has 1 aliphatic heterocycles. The summed E-state index contributed by atoms with van der Waals surface area (Å²) in [6, 6.07) is 4.37. The molecule has 0 saturated carbocycles. The zero-order valence-corrected chi connectivity index (χ0v) is 18.4. The van der Waals surface area contributed by atoms with Gasteiger partial charge in [0.2, 0.25) is 12.2 Å². The molecule has 0 radical (unpaired) electrons. The Bertz CT molecular complexity index is 875. The standard InChI is InChI=1S/C20H25N2O11/c1-10(23)21-17-19(31-13(4)26)18(30-12(3)25)16(9-29-11(2)24)33-20(17)32-15-8-6-5-7-14(15)22(27)28/h5-8,16-20,27H,9H2,1-4H3,(H,21,23)/q-1. The van der Waals surface area contributed by atoms with Crippen molar-refractivity contribution in [3.63, 3.8) is 0 Å². The number of anilines is 1. The van der Waals surface area contributed by atoms with Crippen molar-refractivity contribution in [2.24, 2.45) is 0 Å². The van der Waals surface area contributed by atoms with Crippen LogP contribution in [0.3, 0.4) is 0 Å². The van der Waals surface area contributed by atoms with Gasteiger partial charge in [-0.25, -0.2) is 0 Å². The van der Waals surface area contributed by atoms with Gasteiger partial charge in [0.1, 0.15) is 24.5 Å². The highest BCUT2D eigenvalue weighted by atomic mass is 16.8. The second-order valence-electron chi connectivity index (χ2n) is 7.08. The smallest absolute Gasteiger partial charge is 0.303 e. The van der Waals surface area contributed by atoms with E-state index in [0.717, 1.165) is 20.8 Å². The molecular formula is C20H25N2O11-. The maximum Gasteiger partial charge on any atom is 0.303 e. The molecule has 1 aromatic carbocycles. The molecule has 1 saturated heterocycles. The van der Waals surface area contributed by atoms with Crippen LogP contribution in [-0.4, -0.2) is 66.3 Å². The van der Waals surface area contributed by atoms with Gasteiger partial charge < -0.3 is 39.4 Å². The molecule has 1 heterocycles. The highest BCUT2D eigenvalue weighted by Crippen LogP contribution is 2.33. The molecule has 2 rings (SSSR count). The summed E-state index contributed by atoms with van der Waals surface area (Å²) in [7, 11) is 0. The number of carbonyl (C=O) groups excluding carboxylic acids is 4. The van der Waals surface area contributed by atoms with Crippen LogP contribution in [0.4, 0.5) is 5.69 Å². The average molecular weight is 469 g/mol. The SMILES string of the molecule is CC(=O)NC1C(Oc2ccccc2N([O-])O)OC(COC(C)=O)C(OC(C)=O)C1OC(C)=O. The molecule has 2 N–H and O–H groups in total. The van der Waals surface area contributed by atoms with Crippen molar-refractivity contribution in [1.82, 2.24) is 5.32 Å². The summed E-state index contributed by atoms with van der Waals surface area (Å²) >= 11 is 0. The number of carbonyl (C=O) groups is 4. The first-order valence-electron chi connectivity index (χ1n) is 9.81. The lowest BCUT2D eigenvalue weighted by Crippen LogP contribution is -2.67. The van der Waals surface area contributed by atoms with Crippen LogP contribution < -0.4 is 15.3 Å². The quantitative estimate of drug-likeness (QED) is 0.305. The Morgan fingerprint density at radius 2 is 1.64 bits per heavy atom. The van der Waals surface area contributed by atoms with E-state index in [1.807, 2.05) is 0 Å². The highest BCUT2D eigenvalue weighted by molar-refractivity contribution is 5.74. The third-order valence-corrected chi connectivity index (χ3v) is 4.39. The molecule has 0 aromatic heterocycles. The lowest BCUT2D eigenvalue weighted by Gasteiger charge is -2.45. The maximum atomic E-state index is 11.9. The van der Waals surface area contributed by atoms with E-state index in [9.17, 15) is 29.6 Å². The Morgan fingerprint density at radius 3 is 2.18 bits per heavy atom. The molecule has 5 unspecified atom stereocenters. The van der Waals surface area contributed by atoms with Gasteiger partial charge >= 0.3 is 17.9 Å². The molecule has 13 nitrogen and oxygen atoms in total. The molecule has 5 atom stereocenters. The Hall–Kier alpha value is -3.42. The number of esters is 3. The molecule has 1 aromatic rings. The molecule has 1 fully saturated rings. The van der Waals surface area contributed by atoms with Gasteiger partial charge in [0, 0.05) is 27.7 Å². The highest BCUT2D eigenvalue weighted by Gasteiger charge is 2.52. The Kier molecular flexibility index (Phi) is 8.96. The summed E-state index contributed by atoms with van der Waals surface area (Å²) in [4.78, 5) is 46.8. The van der Waals surface area contributed by atoms with Crippen molar-refractivity contribution in [3.05, 3.63) is 29.5 Å². The number of nitrogens with zero attached hydrogens (tertiary/aromatic N) is 1. The van der Waals surface area contributed by atoms with E-state index in [2.05, 4.69) is 5.32 Å². The second-order valence-corrected chi connectivity index (χ2v) is 7.08. The van der Waals surface area contributed by atoms with Gasteiger partial charge in [-0.15, -0.1) is 0 Å². The number of benzene rings is 1. The molecule has 1 aliphatic rings. The maximum absolute atomic E-state index is 11.9. The summed E-state index contributed by atoms with van der Waals surface area (Å²) in [5.74, 6) is -2.86. The third-order valence-electron chi connectivity index (χ3n) is 4.39. The van der Waals surface area contributed by atoms with Crippen LogP contribution in [0.2, 0.25) is 0 Å². The van der Waals surface area contributed by atoms with Crippen LogP contribution in [0.1, 0.15) is 27.7 Å². The summed E-state index contributed by atoms with van der Waals surface area (Å²) in [5.41, 5.74) is -0.273. The number of ether oxygens (including phenoxy) is 5. The molecule has 0 aliphatic carbocycles. The van der Waals surface area contributed by atoms with E-state index in [1.165, 1.54) is 31.2 Å². The van der Waals surface area contributed by atoms with Gasteiger partial charge in [0.15, 0.2) is 12.2 Å². The minimum Gasteiger partial charge on any atom is -0.733 e. The largest absolute Gasteiger partial charge is 0.733 e. The summed E-state index contributed by atoms with van der Waals surface area (Å²) < 4.78 is 27.2. The van der Waals surface area contributed by atoms with Crippen molar-refractivity contribution >= 4 is 29.5 Å². The minimum absolute atomic E-state index is 0.130. The first kappa shape index (κ1) is 25.8. The lowest BCUT2D eigenvalue weighted by atomic mass is 9.96. The lowest BCUT2D eigenvalue weighted by molar-refractivity contribution is -0.257. The summed E-state index contributed by atoms with van der Waals surface area (Å²) in [6.07, 6.45) is -5.21. The van der Waals surface area contributed by atoms with Crippen LogP contribution in [-0.2, 0) is 38.1 Å². The van der Waals surface area contributed by atoms with Crippen molar-refractivity contribution in [2.45, 2.75) is 58.3 Å². The van der Waals surface area contributed by atoms with Crippen molar-refractivity contribution < 1.29 is 48.1 Å². The molecule has 13 heteroatoms. The van der Waals surface area contributed by atoms with E-state index in [1.54, 1.807) is 0 Å². The van der Waals surface area contributed by atoms with Gasteiger partial charge in [-0.1, -0.05) is 12.1 Å². The van der Waals surface area contributed by atoms with Crippen LogP contribution in [0.5, 0.6) is 5.75 Å². The van der Waals surface area contributed by atoms with Crippen LogP contribution in [0.25, 0.3) is 0 Å². The third kappa shape index (κ3) is 7.30. The molecule has 182 valence electrons. The van der Waals surface area contributed by atoms with Gasteiger partial charge in [0.25, 0.3) is 0 Å². The van der Waals surface area contributed by atoms with E-state index >= 15 is 0 Å². The fraction of sp³-hybridized carbons (Fsp3) is 0.500. The number of nitrogens with one attached hydrogen (secondary N) is 1. The van der Waals surface area contributed by atoms with Gasteiger partial charge in [-0.3, -0.25) is 24.4 Å². The zero-order chi connectivity index (χ0) is 24.7. The number of amides is 1. The van der Waals surface area contributed by atoms with Gasteiger partial charge in [-0.05, 0) is 12.1 Å². The predicted molar refractivity (Wildman–Crippen MR) is 109 cm³/mol. The van der Waals surface area contributed by atoms with E-state index in [0.29, 0.717) is 0 Å². The van der Waals surface area contributed by atoms with Crippen molar-refractivity contribution in [2.75, 3.05) is 11.8 Å². The predicted octanol–water partition coefficient (Wildman–Crippen LogP) is 0.415. The topological polar surface area (TPSA) is 173 Å². The van der Waals surface area contributed by atoms with Crippen LogP contribution >= 0.6 is 0 Å². The zero-order valence-electron chi connectivity index (χ0n) is 18.4. The van der Waals surface area contributed by atoms with Gasteiger partial charge in [0.05, 0.1) is 5.69 Å². The number of rotatable bonds is 8. The molecule has 33 heavy (non-hydrogen) atoms. The van der Waals surface area contributed by atoms with E-state index in [-0.39, 0.29) is 11.4 Å². The minimum atomic E-state index is -1.42. The Morgan fingerprint density at radius 1 is 1.03 bits per heavy atom. The average Bonchev–Trinajstić information content (AvgIpc) is 2.70. The fourth-order valence-electron chi connectivity index (χ4n) is 3.23. The van der Waals surface area contributed by atoms with Gasteiger partial charge in [-0.2, -0.15) is 0 Å². The molecule has 1 amide bonds. The summed E-state index contributed by atoms with van der Waals surface area (Å²) in [5, 5.41) is 22.9. The van der Waals surface area contributed by atoms with E-state index < -0.39 is 66.3 Å². The molecule has 0 bridgehead atoms. The number of para-hydroxylation sites is 2. The number of hydrogen-bond acceptors (Lipinski definition) is 12. The van der Waals surface area contributed by atoms with Crippen molar-refractivity contribution in [3.8, 4) is 5.75 Å². The molecule has 0 spiro atoms. The first-order valence-corrected chi connectivity index (χ1v) is 9.81. The Balaban J connectivity index is 2.50. The fourth-order valence-corrected chi connectivity index (χ4v) is 3.23.